The number of nitrogens with two attached hydrogens (primary N) is 1. The van der Waals surface area contributed by atoms with Crippen LogP contribution < -0.4 is 11.1 Å². The van der Waals surface area contributed by atoms with E-state index in [1.807, 2.05) is 6.92 Å². The molecular weight excluding hydrogens is 244 g/mol. The largest absolute Gasteiger partial charge is 0.478 e. The molecule has 4 N–H and O–H groups in total. The molecule has 0 saturated heterocycles. The SMILES string of the molecule is Cc1cc(NC(=O)CCCC(C)N)ccc1C(=O)O. The number of hydrogen-bond acceptors (Lipinski definition) is 3. The van der Waals surface area contributed by atoms with Gasteiger partial charge in [-0.15, -0.1) is 0 Å². The number of amides is 1. The average Bonchev–Trinajstić information content (AvgIpc) is 2.27. The van der Waals surface area contributed by atoms with Crippen LogP contribution in [0.15, 0.2) is 18.2 Å². The van der Waals surface area contributed by atoms with Crippen molar-refractivity contribution < 1.29 is 14.7 Å². The molecule has 1 aromatic carbocycles. The van der Waals surface area contributed by atoms with E-state index in [1.165, 1.54) is 6.07 Å². The fourth-order valence-electron chi connectivity index (χ4n) is 1.79. The highest BCUT2D eigenvalue weighted by Gasteiger charge is 2.08. The Labute approximate surface area is 112 Å². The number of carboxylic acid groups (broad SMARTS) is 1. The minimum Gasteiger partial charge on any atom is -0.478 e. The Morgan fingerprint density at radius 1 is 1.42 bits per heavy atom. The smallest absolute Gasteiger partial charge is 0.335 e. The molecule has 0 aliphatic rings. The molecule has 0 spiro atoms. The number of carbonyl (C=O) groups is 2. The molecule has 1 amide bonds. The van der Waals surface area contributed by atoms with Crippen molar-refractivity contribution in [1.82, 2.24) is 0 Å². The van der Waals surface area contributed by atoms with Crippen LogP contribution in [-0.2, 0) is 4.79 Å². The van der Waals surface area contributed by atoms with Gasteiger partial charge in [-0.25, -0.2) is 4.79 Å². The Morgan fingerprint density at radius 2 is 2.11 bits per heavy atom. The number of hydrogen-bond donors (Lipinski definition) is 3. The van der Waals surface area contributed by atoms with Crippen LogP contribution in [0.4, 0.5) is 5.69 Å². The quantitative estimate of drug-likeness (QED) is 0.734. The average molecular weight is 264 g/mol. The maximum Gasteiger partial charge on any atom is 0.335 e. The van der Waals surface area contributed by atoms with Crippen molar-refractivity contribution in [1.29, 1.82) is 0 Å². The maximum absolute atomic E-state index is 11.7. The van der Waals surface area contributed by atoms with Gasteiger partial charge >= 0.3 is 5.97 Å². The van der Waals surface area contributed by atoms with Crippen molar-refractivity contribution in [2.24, 2.45) is 5.73 Å². The highest BCUT2D eigenvalue weighted by Crippen LogP contribution is 2.15. The third-order valence-electron chi connectivity index (χ3n) is 2.80. The molecule has 0 bridgehead atoms. The summed E-state index contributed by atoms with van der Waals surface area (Å²) in [6.45, 7) is 3.61. The normalized spacial score (nSPS) is 11.9. The monoisotopic (exact) mass is 264 g/mol. The zero-order valence-corrected chi connectivity index (χ0v) is 11.3. The van der Waals surface area contributed by atoms with Crippen molar-refractivity contribution in [2.75, 3.05) is 5.32 Å². The molecule has 0 fully saturated rings. The summed E-state index contributed by atoms with van der Waals surface area (Å²) in [5.41, 5.74) is 7.10. The van der Waals surface area contributed by atoms with E-state index in [2.05, 4.69) is 5.32 Å². The van der Waals surface area contributed by atoms with Gasteiger partial charge in [0, 0.05) is 18.2 Å². The topological polar surface area (TPSA) is 92.4 Å². The van der Waals surface area contributed by atoms with Gasteiger partial charge in [-0.1, -0.05) is 0 Å². The molecule has 0 aromatic heterocycles. The third kappa shape index (κ3) is 5.09. The van der Waals surface area contributed by atoms with Gasteiger partial charge in [-0.2, -0.15) is 0 Å². The van der Waals surface area contributed by atoms with E-state index in [-0.39, 0.29) is 17.5 Å². The molecule has 19 heavy (non-hydrogen) atoms. The summed E-state index contributed by atoms with van der Waals surface area (Å²) in [6, 6.07) is 4.85. The van der Waals surface area contributed by atoms with Crippen molar-refractivity contribution in [2.45, 2.75) is 39.2 Å². The van der Waals surface area contributed by atoms with Crippen LogP contribution in [0.3, 0.4) is 0 Å². The van der Waals surface area contributed by atoms with E-state index in [4.69, 9.17) is 10.8 Å². The maximum atomic E-state index is 11.7. The second kappa shape index (κ2) is 6.89. The first-order valence-electron chi connectivity index (χ1n) is 6.29. The fraction of sp³-hybridized carbons (Fsp3) is 0.429. The van der Waals surface area contributed by atoms with Crippen LogP contribution >= 0.6 is 0 Å². The molecule has 1 rings (SSSR count). The summed E-state index contributed by atoms with van der Waals surface area (Å²) in [5, 5.41) is 11.7. The highest BCUT2D eigenvalue weighted by atomic mass is 16.4. The van der Waals surface area contributed by atoms with E-state index in [0.29, 0.717) is 17.7 Å². The van der Waals surface area contributed by atoms with Gasteiger partial charge in [0.25, 0.3) is 0 Å². The zero-order chi connectivity index (χ0) is 14.4. The first kappa shape index (κ1) is 15.2. The number of aromatic carboxylic acids is 1. The summed E-state index contributed by atoms with van der Waals surface area (Å²) in [7, 11) is 0. The molecule has 0 heterocycles. The summed E-state index contributed by atoms with van der Waals surface area (Å²) >= 11 is 0. The Morgan fingerprint density at radius 3 is 2.63 bits per heavy atom. The minimum atomic E-state index is -0.965. The number of benzene rings is 1. The van der Waals surface area contributed by atoms with E-state index >= 15 is 0 Å². The Balaban J connectivity index is 2.55. The Kier molecular flexibility index (Phi) is 5.51. The number of aryl methyl sites for hydroxylation is 1. The number of carboxylic acids is 1. The number of nitrogens with one attached hydrogen (secondary N) is 1. The lowest BCUT2D eigenvalue weighted by Gasteiger charge is -2.08. The molecule has 0 aliphatic heterocycles. The van der Waals surface area contributed by atoms with Gasteiger partial charge < -0.3 is 16.2 Å². The second-order valence-corrected chi connectivity index (χ2v) is 4.75. The van der Waals surface area contributed by atoms with Crippen LogP contribution in [0.25, 0.3) is 0 Å². The number of rotatable bonds is 6. The minimum absolute atomic E-state index is 0.0804. The molecule has 1 atom stereocenters. The standard InChI is InChI=1S/C14H20N2O3/c1-9-8-11(6-7-12(9)14(18)19)16-13(17)5-3-4-10(2)15/h6-8,10H,3-5,15H2,1-2H3,(H,16,17)(H,18,19). The number of anilines is 1. The molecule has 5 nitrogen and oxygen atoms in total. The molecule has 0 saturated carbocycles. The van der Waals surface area contributed by atoms with Crippen molar-refractivity contribution in [3.05, 3.63) is 29.3 Å². The van der Waals surface area contributed by atoms with Crippen molar-refractivity contribution in [3.8, 4) is 0 Å². The first-order chi connectivity index (χ1) is 8.90. The van der Waals surface area contributed by atoms with Crippen LogP contribution in [0.2, 0.25) is 0 Å². The predicted octanol–water partition coefficient (Wildman–Crippen LogP) is 2.15. The lowest BCUT2D eigenvalue weighted by molar-refractivity contribution is -0.116. The Bertz CT molecular complexity index is 470. The van der Waals surface area contributed by atoms with E-state index in [0.717, 1.165) is 12.8 Å². The van der Waals surface area contributed by atoms with Crippen LogP contribution in [0.1, 0.15) is 42.1 Å². The molecular formula is C14H20N2O3. The van der Waals surface area contributed by atoms with Crippen molar-refractivity contribution in [3.63, 3.8) is 0 Å². The summed E-state index contributed by atoms with van der Waals surface area (Å²) in [4.78, 5) is 22.5. The van der Waals surface area contributed by atoms with Crippen LogP contribution in [0, 0.1) is 6.92 Å². The first-order valence-corrected chi connectivity index (χ1v) is 6.29. The highest BCUT2D eigenvalue weighted by molar-refractivity contribution is 5.93. The predicted molar refractivity (Wildman–Crippen MR) is 74.3 cm³/mol. The zero-order valence-electron chi connectivity index (χ0n) is 11.3. The van der Waals surface area contributed by atoms with Crippen LogP contribution in [-0.4, -0.2) is 23.0 Å². The molecule has 1 unspecified atom stereocenters. The van der Waals surface area contributed by atoms with Gasteiger partial charge in [0.15, 0.2) is 0 Å². The molecule has 5 heteroatoms. The van der Waals surface area contributed by atoms with Gasteiger partial charge in [0.1, 0.15) is 0 Å². The summed E-state index contributed by atoms with van der Waals surface area (Å²) in [6.07, 6.45) is 1.97. The van der Waals surface area contributed by atoms with Gasteiger partial charge in [0.2, 0.25) is 5.91 Å². The Hall–Kier alpha value is -1.88. The fourth-order valence-corrected chi connectivity index (χ4v) is 1.79. The van der Waals surface area contributed by atoms with Crippen molar-refractivity contribution >= 4 is 17.6 Å². The summed E-state index contributed by atoms with van der Waals surface area (Å²) in [5.74, 6) is -1.05. The third-order valence-corrected chi connectivity index (χ3v) is 2.80. The molecule has 0 aliphatic carbocycles. The van der Waals surface area contributed by atoms with E-state index in [9.17, 15) is 9.59 Å². The van der Waals surface area contributed by atoms with E-state index in [1.54, 1.807) is 19.1 Å². The molecule has 104 valence electrons. The summed E-state index contributed by atoms with van der Waals surface area (Å²) < 4.78 is 0. The van der Waals surface area contributed by atoms with Gasteiger partial charge in [-0.3, -0.25) is 4.79 Å². The second-order valence-electron chi connectivity index (χ2n) is 4.75. The van der Waals surface area contributed by atoms with E-state index < -0.39 is 5.97 Å². The lowest BCUT2D eigenvalue weighted by Crippen LogP contribution is -2.17. The van der Waals surface area contributed by atoms with Crippen LogP contribution in [0.5, 0.6) is 0 Å². The lowest BCUT2D eigenvalue weighted by atomic mass is 10.1. The van der Waals surface area contributed by atoms with Gasteiger partial charge in [-0.05, 0) is 50.5 Å². The van der Waals surface area contributed by atoms with Gasteiger partial charge in [0.05, 0.1) is 5.56 Å². The molecule has 1 aromatic rings. The number of carbonyl (C=O) groups excluding carboxylic acids is 1. The molecule has 0 radical (unpaired) electrons.